The third-order valence-corrected chi connectivity index (χ3v) is 4.33. The maximum atomic E-state index is 12.6. The van der Waals surface area contributed by atoms with E-state index in [0.717, 1.165) is 10.0 Å². The van der Waals surface area contributed by atoms with Crippen LogP contribution in [0.15, 0.2) is 57.8 Å². The van der Waals surface area contributed by atoms with E-state index in [0.29, 0.717) is 21.8 Å². The molecule has 0 unspecified atom stereocenters. The number of hydrogen-bond donors (Lipinski definition) is 3. The lowest BCUT2D eigenvalue weighted by Gasteiger charge is -2.03. The van der Waals surface area contributed by atoms with Crippen molar-refractivity contribution in [2.24, 2.45) is 0 Å². The van der Waals surface area contributed by atoms with Gasteiger partial charge in [0.05, 0.1) is 16.3 Å². The number of aryl methyl sites for hydroxylation is 1. The lowest BCUT2D eigenvalue weighted by Crippen LogP contribution is -2.40. The summed E-state index contributed by atoms with van der Waals surface area (Å²) in [6.45, 7) is 5.82. The van der Waals surface area contributed by atoms with E-state index in [2.05, 4.69) is 38.5 Å². The van der Waals surface area contributed by atoms with Crippen LogP contribution in [0.4, 0.5) is 0 Å². The monoisotopic (exact) mass is 412 g/mol. The van der Waals surface area contributed by atoms with Gasteiger partial charge in [0, 0.05) is 16.2 Å². The van der Waals surface area contributed by atoms with Crippen LogP contribution in [-0.2, 0) is 0 Å². The molecule has 0 bridgehead atoms. The standard InChI is InChI=1S/C19H17BrN4O2/c1-12-3-9-16(10-4-12)24-19(26)17(13(2)23-24)11-21-22-18(25)14-5-7-15(20)8-6-14/h3-11,21,23H,2H2,1H3,(H,22,25). The van der Waals surface area contributed by atoms with Gasteiger partial charge in [-0.15, -0.1) is 0 Å². The zero-order chi connectivity index (χ0) is 18.7. The van der Waals surface area contributed by atoms with Crippen molar-refractivity contribution in [1.82, 2.24) is 20.6 Å². The van der Waals surface area contributed by atoms with Crippen LogP contribution in [0.25, 0.3) is 18.5 Å². The van der Waals surface area contributed by atoms with E-state index in [1.54, 1.807) is 24.3 Å². The molecule has 26 heavy (non-hydrogen) atoms. The maximum Gasteiger partial charge on any atom is 0.280 e. The number of hydrogen-bond acceptors (Lipinski definition) is 3. The van der Waals surface area contributed by atoms with E-state index < -0.39 is 0 Å². The molecule has 3 N–H and O–H groups in total. The van der Waals surface area contributed by atoms with Gasteiger partial charge in [0.15, 0.2) is 0 Å². The molecule has 0 atom stereocenters. The molecule has 0 aliphatic heterocycles. The van der Waals surface area contributed by atoms with Crippen molar-refractivity contribution in [2.75, 3.05) is 0 Å². The Morgan fingerprint density at radius 1 is 1.15 bits per heavy atom. The quantitative estimate of drug-likeness (QED) is 0.565. The first-order valence-electron chi connectivity index (χ1n) is 7.84. The summed E-state index contributed by atoms with van der Waals surface area (Å²) in [6, 6.07) is 14.5. The molecule has 0 aliphatic rings. The molecule has 7 heteroatoms. The number of nitrogens with one attached hydrogen (secondary N) is 3. The fourth-order valence-electron chi connectivity index (χ4n) is 2.37. The highest BCUT2D eigenvalue weighted by atomic mass is 79.9. The minimum Gasteiger partial charge on any atom is -0.305 e. The number of carbonyl (C=O) groups excluding carboxylic acids is 1. The lowest BCUT2D eigenvalue weighted by atomic mass is 10.2. The smallest absolute Gasteiger partial charge is 0.280 e. The minimum absolute atomic E-state index is 0.260. The molecule has 0 radical (unpaired) electrons. The van der Waals surface area contributed by atoms with Gasteiger partial charge in [0.2, 0.25) is 0 Å². The highest BCUT2D eigenvalue weighted by Crippen LogP contribution is 2.10. The molecule has 2 aromatic carbocycles. The van der Waals surface area contributed by atoms with Crippen molar-refractivity contribution in [2.45, 2.75) is 6.92 Å². The molecule has 0 saturated carbocycles. The first-order chi connectivity index (χ1) is 12.5. The largest absolute Gasteiger partial charge is 0.305 e. The normalized spacial score (nSPS) is 11.4. The van der Waals surface area contributed by atoms with E-state index in [9.17, 15) is 9.59 Å². The van der Waals surface area contributed by atoms with Gasteiger partial charge in [-0.1, -0.05) is 40.2 Å². The van der Waals surface area contributed by atoms with E-state index in [1.807, 2.05) is 31.2 Å². The van der Waals surface area contributed by atoms with Crippen molar-refractivity contribution >= 4 is 34.6 Å². The Bertz CT molecular complexity index is 1100. The first-order valence-corrected chi connectivity index (χ1v) is 8.63. The van der Waals surface area contributed by atoms with Crippen LogP contribution in [0, 0.1) is 6.92 Å². The second-order valence-electron chi connectivity index (χ2n) is 5.73. The molecule has 132 valence electrons. The fourth-order valence-corrected chi connectivity index (χ4v) is 2.63. The summed E-state index contributed by atoms with van der Waals surface area (Å²) < 4.78 is 2.30. The fraction of sp³-hybridized carbons (Fsp3) is 0.0526. The minimum atomic E-state index is -0.311. The number of aromatic nitrogens is 2. The topological polar surface area (TPSA) is 78.9 Å². The van der Waals surface area contributed by atoms with Crippen LogP contribution < -0.4 is 27.0 Å². The van der Waals surface area contributed by atoms with Gasteiger partial charge in [-0.25, -0.2) is 4.68 Å². The number of benzene rings is 2. The van der Waals surface area contributed by atoms with Crippen LogP contribution in [-0.4, -0.2) is 15.7 Å². The molecule has 0 saturated heterocycles. The Hall–Kier alpha value is -3.06. The van der Waals surface area contributed by atoms with E-state index in [-0.39, 0.29) is 11.5 Å². The van der Waals surface area contributed by atoms with Crippen LogP contribution in [0.2, 0.25) is 0 Å². The summed E-state index contributed by atoms with van der Waals surface area (Å²) in [5.41, 5.74) is 7.24. The van der Waals surface area contributed by atoms with E-state index in [4.69, 9.17) is 0 Å². The number of halogens is 1. The molecular weight excluding hydrogens is 396 g/mol. The molecule has 3 rings (SSSR count). The predicted molar refractivity (Wildman–Crippen MR) is 105 cm³/mol. The molecule has 0 aliphatic carbocycles. The Morgan fingerprint density at radius 2 is 1.81 bits per heavy atom. The zero-order valence-electron chi connectivity index (χ0n) is 14.0. The Morgan fingerprint density at radius 3 is 2.46 bits per heavy atom. The number of hydrazine groups is 1. The summed E-state index contributed by atoms with van der Waals surface area (Å²) in [4.78, 5) is 24.6. The molecule has 3 aromatic rings. The molecule has 0 fully saturated rings. The van der Waals surface area contributed by atoms with Crippen molar-refractivity contribution in [3.63, 3.8) is 0 Å². The Kier molecular flexibility index (Phi) is 5.09. The molecule has 6 nitrogen and oxygen atoms in total. The summed E-state index contributed by atoms with van der Waals surface area (Å²) in [7, 11) is 0. The number of H-pyrrole nitrogens is 1. The molecule has 1 aromatic heterocycles. The highest BCUT2D eigenvalue weighted by molar-refractivity contribution is 9.10. The van der Waals surface area contributed by atoms with Gasteiger partial charge in [-0.3, -0.25) is 20.1 Å². The second kappa shape index (κ2) is 7.45. The number of amides is 1. The number of aromatic amines is 1. The first kappa shape index (κ1) is 17.8. The Balaban J connectivity index is 1.80. The van der Waals surface area contributed by atoms with Crippen LogP contribution in [0.3, 0.4) is 0 Å². The van der Waals surface area contributed by atoms with Crippen molar-refractivity contribution in [3.05, 3.63) is 85.1 Å². The van der Waals surface area contributed by atoms with Gasteiger partial charge in [0.25, 0.3) is 11.5 Å². The third-order valence-electron chi connectivity index (χ3n) is 3.81. The van der Waals surface area contributed by atoms with Gasteiger partial charge in [0.1, 0.15) is 0 Å². The Labute approximate surface area is 157 Å². The van der Waals surface area contributed by atoms with Crippen molar-refractivity contribution < 1.29 is 4.79 Å². The zero-order valence-corrected chi connectivity index (χ0v) is 15.6. The maximum absolute atomic E-state index is 12.6. The van der Waals surface area contributed by atoms with Crippen molar-refractivity contribution in [3.8, 4) is 5.69 Å². The van der Waals surface area contributed by atoms with Crippen molar-refractivity contribution in [1.29, 1.82) is 0 Å². The second-order valence-corrected chi connectivity index (χ2v) is 6.65. The number of nitrogens with zero attached hydrogens (tertiary/aromatic N) is 1. The van der Waals surface area contributed by atoms with Gasteiger partial charge in [-0.05, 0) is 43.3 Å². The van der Waals surface area contributed by atoms with Crippen LogP contribution in [0.1, 0.15) is 15.9 Å². The van der Waals surface area contributed by atoms with Gasteiger partial charge < -0.3 is 5.43 Å². The molecule has 0 spiro atoms. The SMILES string of the molecule is C=c1[nH]n(-c2ccc(C)cc2)c(=O)c1=CNNC(=O)c1ccc(Br)cc1. The van der Waals surface area contributed by atoms with Crippen LogP contribution in [0.5, 0.6) is 0 Å². The average Bonchev–Trinajstić information content (AvgIpc) is 2.91. The third kappa shape index (κ3) is 3.78. The summed E-state index contributed by atoms with van der Waals surface area (Å²) in [5, 5.41) is 3.71. The molecule has 1 amide bonds. The molecule has 1 heterocycles. The van der Waals surface area contributed by atoms with E-state index in [1.165, 1.54) is 10.9 Å². The van der Waals surface area contributed by atoms with E-state index >= 15 is 0 Å². The molecular formula is C19H17BrN4O2. The summed E-state index contributed by atoms with van der Waals surface area (Å²) >= 11 is 3.32. The van der Waals surface area contributed by atoms with Crippen LogP contribution >= 0.6 is 15.9 Å². The highest BCUT2D eigenvalue weighted by Gasteiger charge is 2.06. The summed E-state index contributed by atoms with van der Waals surface area (Å²) in [6.07, 6.45) is 1.42. The lowest BCUT2D eigenvalue weighted by molar-refractivity contribution is 0.0943. The number of carbonyl (C=O) groups is 1. The average molecular weight is 413 g/mol. The summed E-state index contributed by atoms with van der Waals surface area (Å²) in [5.74, 6) is -0.311. The number of rotatable bonds is 4. The predicted octanol–water partition coefficient (Wildman–Crippen LogP) is 1.32. The van der Waals surface area contributed by atoms with Gasteiger partial charge >= 0.3 is 0 Å². The van der Waals surface area contributed by atoms with Gasteiger partial charge in [-0.2, -0.15) is 0 Å².